The van der Waals surface area contributed by atoms with Crippen molar-refractivity contribution in [2.75, 3.05) is 6.61 Å². The topological polar surface area (TPSA) is 98.5 Å². The fourth-order valence-corrected chi connectivity index (χ4v) is 2.12. The number of nitro groups is 1. The van der Waals surface area contributed by atoms with Crippen molar-refractivity contribution in [3.05, 3.63) is 69.8 Å². The van der Waals surface area contributed by atoms with E-state index in [2.05, 4.69) is 5.32 Å². The molecule has 0 aliphatic heterocycles. The minimum absolute atomic E-state index is 0.0214. The van der Waals surface area contributed by atoms with Gasteiger partial charge in [-0.15, -0.1) is 0 Å². The van der Waals surface area contributed by atoms with Crippen LogP contribution in [0.5, 0.6) is 5.75 Å². The van der Waals surface area contributed by atoms with E-state index in [0.29, 0.717) is 6.29 Å². The van der Waals surface area contributed by atoms with Crippen LogP contribution in [-0.4, -0.2) is 23.7 Å². The summed E-state index contributed by atoms with van der Waals surface area (Å²) in [6, 6.07) is 12.9. The summed E-state index contributed by atoms with van der Waals surface area (Å²) in [5, 5.41) is 13.5. The average molecular weight is 328 g/mol. The molecule has 24 heavy (non-hydrogen) atoms. The number of hydrogen-bond acceptors (Lipinski definition) is 5. The van der Waals surface area contributed by atoms with Crippen molar-refractivity contribution in [3.63, 3.8) is 0 Å². The molecule has 0 aliphatic carbocycles. The van der Waals surface area contributed by atoms with Gasteiger partial charge >= 0.3 is 0 Å². The summed E-state index contributed by atoms with van der Waals surface area (Å²) in [4.78, 5) is 33.0. The third-order valence-corrected chi connectivity index (χ3v) is 3.37. The van der Waals surface area contributed by atoms with Crippen LogP contribution >= 0.6 is 0 Å². The molecule has 0 bridgehead atoms. The highest BCUT2D eigenvalue weighted by atomic mass is 16.6. The highest BCUT2D eigenvalue weighted by molar-refractivity contribution is 5.82. The van der Waals surface area contributed by atoms with Crippen LogP contribution in [-0.2, 0) is 4.79 Å². The van der Waals surface area contributed by atoms with Crippen LogP contribution in [0.1, 0.15) is 28.9 Å². The van der Waals surface area contributed by atoms with Gasteiger partial charge in [0, 0.05) is 12.1 Å². The number of carbonyl (C=O) groups excluding carboxylic acids is 2. The van der Waals surface area contributed by atoms with Gasteiger partial charge in [0.25, 0.3) is 11.6 Å². The molecule has 0 saturated heterocycles. The number of rotatable bonds is 7. The van der Waals surface area contributed by atoms with Crippen molar-refractivity contribution in [1.29, 1.82) is 0 Å². The van der Waals surface area contributed by atoms with E-state index in [1.54, 1.807) is 0 Å². The van der Waals surface area contributed by atoms with E-state index in [-0.39, 0.29) is 35.6 Å². The molecule has 0 fully saturated rings. The maximum atomic E-state index is 11.9. The molecule has 0 heterocycles. The molecule has 124 valence electrons. The summed E-state index contributed by atoms with van der Waals surface area (Å²) >= 11 is 0. The molecule has 0 unspecified atom stereocenters. The first-order valence-electron chi connectivity index (χ1n) is 7.22. The molecule has 7 heteroatoms. The van der Waals surface area contributed by atoms with E-state index in [1.807, 2.05) is 37.3 Å². The smallest absolute Gasteiger partial charge is 0.270 e. The van der Waals surface area contributed by atoms with Gasteiger partial charge in [-0.05, 0) is 18.6 Å². The Hall–Kier alpha value is -3.22. The predicted molar refractivity (Wildman–Crippen MR) is 87.0 cm³/mol. The zero-order chi connectivity index (χ0) is 17.5. The van der Waals surface area contributed by atoms with Crippen LogP contribution in [0.4, 0.5) is 5.69 Å². The quantitative estimate of drug-likeness (QED) is 0.478. The number of nitro benzene ring substituents is 1. The first kappa shape index (κ1) is 17.1. The first-order valence-corrected chi connectivity index (χ1v) is 7.22. The molecule has 0 aliphatic rings. The zero-order valence-electron chi connectivity index (χ0n) is 13.0. The fraction of sp³-hybridized carbons (Fsp3) is 0.176. The van der Waals surface area contributed by atoms with Crippen LogP contribution in [0.2, 0.25) is 0 Å². The van der Waals surface area contributed by atoms with Gasteiger partial charge in [-0.2, -0.15) is 0 Å². The highest BCUT2D eigenvalue weighted by Gasteiger charge is 2.14. The summed E-state index contributed by atoms with van der Waals surface area (Å²) < 4.78 is 5.30. The SMILES string of the molecule is C[C@H](NC(=O)COc1ccc([N+](=O)[O-])cc1C=O)c1ccccc1. The summed E-state index contributed by atoms with van der Waals surface area (Å²) in [5.41, 5.74) is 0.759. The van der Waals surface area contributed by atoms with Gasteiger partial charge in [-0.1, -0.05) is 30.3 Å². The van der Waals surface area contributed by atoms with Crippen molar-refractivity contribution in [2.24, 2.45) is 0 Å². The second-order valence-electron chi connectivity index (χ2n) is 5.09. The number of carbonyl (C=O) groups is 2. The standard InChI is InChI=1S/C17H16N2O5/c1-12(13-5-3-2-4-6-13)18-17(21)11-24-16-8-7-15(19(22)23)9-14(16)10-20/h2-10,12H,11H2,1H3,(H,18,21)/t12-/m0/s1. The van der Waals surface area contributed by atoms with Gasteiger partial charge in [-0.25, -0.2) is 0 Å². The Bertz CT molecular complexity index is 746. The van der Waals surface area contributed by atoms with Crippen molar-refractivity contribution in [3.8, 4) is 5.75 Å². The van der Waals surface area contributed by atoms with Crippen molar-refractivity contribution < 1.29 is 19.2 Å². The number of nitrogens with one attached hydrogen (secondary N) is 1. The molecule has 0 saturated carbocycles. The molecule has 0 spiro atoms. The Morgan fingerprint density at radius 2 is 2.00 bits per heavy atom. The second kappa shape index (κ2) is 7.87. The molecule has 7 nitrogen and oxygen atoms in total. The summed E-state index contributed by atoms with van der Waals surface area (Å²) in [5.74, 6) is -0.236. The molecular formula is C17H16N2O5. The van der Waals surface area contributed by atoms with Gasteiger partial charge in [0.15, 0.2) is 12.9 Å². The van der Waals surface area contributed by atoms with Crippen LogP contribution in [0, 0.1) is 10.1 Å². The normalized spacial score (nSPS) is 11.4. The van der Waals surface area contributed by atoms with Crippen LogP contribution in [0.25, 0.3) is 0 Å². The summed E-state index contributed by atoms with van der Waals surface area (Å²) in [7, 11) is 0. The third-order valence-electron chi connectivity index (χ3n) is 3.37. The monoisotopic (exact) mass is 328 g/mol. The lowest BCUT2D eigenvalue weighted by atomic mass is 10.1. The van der Waals surface area contributed by atoms with Gasteiger partial charge in [-0.3, -0.25) is 19.7 Å². The van der Waals surface area contributed by atoms with Crippen molar-refractivity contribution in [1.82, 2.24) is 5.32 Å². The molecule has 0 aromatic heterocycles. The molecule has 2 aromatic rings. The Kier molecular flexibility index (Phi) is 5.62. The van der Waals surface area contributed by atoms with Gasteiger partial charge in [0.1, 0.15) is 5.75 Å². The molecule has 1 N–H and O–H groups in total. The maximum Gasteiger partial charge on any atom is 0.270 e. The molecule has 1 atom stereocenters. The van der Waals surface area contributed by atoms with Gasteiger partial charge < -0.3 is 10.1 Å². The van der Waals surface area contributed by atoms with E-state index in [0.717, 1.165) is 11.6 Å². The lowest BCUT2D eigenvalue weighted by molar-refractivity contribution is -0.384. The second-order valence-corrected chi connectivity index (χ2v) is 5.09. The minimum Gasteiger partial charge on any atom is -0.483 e. The first-order chi connectivity index (χ1) is 11.5. The molecule has 2 aromatic carbocycles. The van der Waals surface area contributed by atoms with E-state index in [4.69, 9.17) is 4.74 Å². The predicted octanol–water partition coefficient (Wildman–Crippen LogP) is 2.66. The van der Waals surface area contributed by atoms with E-state index >= 15 is 0 Å². The lowest BCUT2D eigenvalue weighted by Gasteiger charge is -2.15. The van der Waals surface area contributed by atoms with Gasteiger partial charge in [0.05, 0.1) is 16.5 Å². The van der Waals surface area contributed by atoms with Crippen LogP contribution < -0.4 is 10.1 Å². The number of benzene rings is 2. The van der Waals surface area contributed by atoms with Crippen LogP contribution in [0.15, 0.2) is 48.5 Å². The molecule has 0 radical (unpaired) electrons. The third kappa shape index (κ3) is 4.39. The Morgan fingerprint density at radius 3 is 2.62 bits per heavy atom. The largest absolute Gasteiger partial charge is 0.483 e. The Balaban J connectivity index is 1.96. The lowest BCUT2D eigenvalue weighted by Crippen LogP contribution is -2.31. The van der Waals surface area contributed by atoms with E-state index in [9.17, 15) is 19.7 Å². The minimum atomic E-state index is -0.606. The number of amides is 1. The Labute approximate surface area is 138 Å². The zero-order valence-corrected chi connectivity index (χ0v) is 13.0. The summed E-state index contributed by atoms with van der Waals surface area (Å²) in [6.45, 7) is 1.55. The van der Waals surface area contributed by atoms with E-state index < -0.39 is 4.92 Å². The summed E-state index contributed by atoms with van der Waals surface area (Å²) in [6.07, 6.45) is 0.451. The van der Waals surface area contributed by atoms with Crippen LogP contribution in [0.3, 0.4) is 0 Å². The fourth-order valence-electron chi connectivity index (χ4n) is 2.12. The number of hydrogen-bond donors (Lipinski definition) is 1. The number of nitrogens with zero attached hydrogens (tertiary/aromatic N) is 1. The van der Waals surface area contributed by atoms with Gasteiger partial charge in [0.2, 0.25) is 0 Å². The van der Waals surface area contributed by atoms with Crippen molar-refractivity contribution in [2.45, 2.75) is 13.0 Å². The number of ether oxygens (including phenoxy) is 1. The number of non-ortho nitro benzene ring substituents is 1. The van der Waals surface area contributed by atoms with Crippen molar-refractivity contribution >= 4 is 17.9 Å². The molecule has 1 amide bonds. The average Bonchev–Trinajstić information content (AvgIpc) is 2.60. The molecular weight excluding hydrogens is 312 g/mol. The Morgan fingerprint density at radius 1 is 1.29 bits per heavy atom. The highest BCUT2D eigenvalue weighted by Crippen LogP contribution is 2.22. The van der Waals surface area contributed by atoms with E-state index in [1.165, 1.54) is 12.1 Å². The number of aldehydes is 1. The molecule has 2 rings (SSSR count). The maximum absolute atomic E-state index is 11.9.